The number of aryl methyl sites for hydroxylation is 1. The van der Waals surface area contributed by atoms with Gasteiger partial charge in [-0.1, -0.05) is 29.4 Å². The highest BCUT2D eigenvalue weighted by atomic mass is 35.5. The lowest BCUT2D eigenvalue weighted by molar-refractivity contribution is 0.793. The number of thioether (sulfide) groups is 1. The Kier molecular flexibility index (Phi) is 4.23. The van der Waals surface area contributed by atoms with Gasteiger partial charge in [0.15, 0.2) is 11.0 Å². The summed E-state index contributed by atoms with van der Waals surface area (Å²) in [6.07, 6.45) is 4.08. The average molecular weight is 370 g/mol. The molecule has 4 rings (SSSR count). The second-order valence-electron chi connectivity index (χ2n) is 5.82. The summed E-state index contributed by atoms with van der Waals surface area (Å²) in [5, 5.41) is 10.2. The largest absolute Gasteiger partial charge is 0.307 e. The van der Waals surface area contributed by atoms with Gasteiger partial charge in [-0.25, -0.2) is 4.98 Å². The molecule has 3 heterocycles. The lowest BCUT2D eigenvalue weighted by Crippen LogP contribution is -1.95. The minimum Gasteiger partial charge on any atom is -0.307 e. The van der Waals surface area contributed by atoms with E-state index in [1.54, 1.807) is 11.8 Å². The molecule has 4 aromatic rings. The zero-order valence-electron chi connectivity index (χ0n) is 13.8. The molecular formula is C18H16ClN5S. The fourth-order valence-electron chi connectivity index (χ4n) is 2.70. The van der Waals surface area contributed by atoms with Crippen LogP contribution in [0.15, 0.2) is 53.9 Å². The van der Waals surface area contributed by atoms with Crippen molar-refractivity contribution in [3.8, 4) is 11.4 Å². The van der Waals surface area contributed by atoms with Crippen LogP contribution in [0.5, 0.6) is 0 Å². The van der Waals surface area contributed by atoms with Crippen LogP contribution in [0.4, 0.5) is 0 Å². The predicted molar refractivity (Wildman–Crippen MR) is 101 cm³/mol. The van der Waals surface area contributed by atoms with Crippen LogP contribution in [0.2, 0.25) is 5.02 Å². The number of nitrogens with zero attached hydrogens (tertiary/aromatic N) is 5. The second-order valence-corrected chi connectivity index (χ2v) is 7.19. The molecule has 0 atom stereocenters. The maximum Gasteiger partial charge on any atom is 0.191 e. The maximum atomic E-state index is 5.95. The third-order valence-corrected chi connectivity index (χ3v) is 5.32. The Bertz CT molecular complexity index is 1040. The van der Waals surface area contributed by atoms with Crippen LogP contribution in [0.1, 0.15) is 11.3 Å². The summed E-state index contributed by atoms with van der Waals surface area (Å²) in [6.45, 7) is 2.07. The molecular weight excluding hydrogens is 354 g/mol. The van der Waals surface area contributed by atoms with Gasteiger partial charge in [0.1, 0.15) is 5.65 Å². The van der Waals surface area contributed by atoms with E-state index in [2.05, 4.69) is 33.8 Å². The van der Waals surface area contributed by atoms with Crippen LogP contribution >= 0.6 is 23.4 Å². The summed E-state index contributed by atoms with van der Waals surface area (Å²) in [7, 11) is 1.97. The van der Waals surface area contributed by atoms with Gasteiger partial charge in [0.25, 0.3) is 0 Å². The summed E-state index contributed by atoms with van der Waals surface area (Å²) < 4.78 is 4.05. The molecule has 7 heteroatoms. The van der Waals surface area contributed by atoms with Gasteiger partial charge in [0.05, 0.1) is 5.69 Å². The van der Waals surface area contributed by atoms with Gasteiger partial charge in [-0.15, -0.1) is 10.2 Å². The number of hydrogen-bond acceptors (Lipinski definition) is 4. The second kappa shape index (κ2) is 6.54. The van der Waals surface area contributed by atoms with Crippen molar-refractivity contribution in [2.24, 2.45) is 7.05 Å². The molecule has 126 valence electrons. The molecule has 0 saturated heterocycles. The van der Waals surface area contributed by atoms with E-state index in [1.807, 2.05) is 48.1 Å². The Morgan fingerprint density at radius 3 is 2.68 bits per heavy atom. The first kappa shape index (κ1) is 16.2. The Morgan fingerprint density at radius 2 is 1.92 bits per heavy atom. The molecule has 0 radical (unpaired) electrons. The molecule has 5 nitrogen and oxygen atoms in total. The average Bonchev–Trinajstić information content (AvgIpc) is 3.18. The van der Waals surface area contributed by atoms with Crippen LogP contribution in [-0.4, -0.2) is 24.1 Å². The Labute approximate surface area is 154 Å². The van der Waals surface area contributed by atoms with Gasteiger partial charge >= 0.3 is 0 Å². The lowest BCUT2D eigenvalue weighted by atomic mass is 10.2. The van der Waals surface area contributed by atoms with Gasteiger partial charge in [-0.3, -0.25) is 0 Å². The van der Waals surface area contributed by atoms with E-state index >= 15 is 0 Å². The molecule has 0 unspecified atom stereocenters. The highest BCUT2D eigenvalue weighted by Crippen LogP contribution is 2.26. The molecule has 0 aliphatic rings. The molecule has 0 fully saturated rings. The Balaban J connectivity index is 1.55. The van der Waals surface area contributed by atoms with E-state index in [9.17, 15) is 0 Å². The van der Waals surface area contributed by atoms with E-state index in [0.29, 0.717) is 5.02 Å². The lowest BCUT2D eigenvalue weighted by Gasteiger charge is -2.03. The van der Waals surface area contributed by atoms with E-state index in [0.717, 1.165) is 33.6 Å². The Morgan fingerprint density at radius 1 is 1.12 bits per heavy atom. The van der Waals surface area contributed by atoms with E-state index < -0.39 is 0 Å². The van der Waals surface area contributed by atoms with Crippen molar-refractivity contribution in [3.05, 3.63) is 65.1 Å². The Hall–Kier alpha value is -2.31. The van der Waals surface area contributed by atoms with Crippen LogP contribution in [-0.2, 0) is 12.8 Å². The van der Waals surface area contributed by atoms with Gasteiger partial charge in [0.2, 0.25) is 0 Å². The van der Waals surface area contributed by atoms with Crippen LogP contribution in [0.3, 0.4) is 0 Å². The third kappa shape index (κ3) is 3.15. The smallest absolute Gasteiger partial charge is 0.191 e. The molecule has 0 aliphatic heterocycles. The number of benzene rings is 1. The van der Waals surface area contributed by atoms with Crippen molar-refractivity contribution < 1.29 is 0 Å². The molecule has 3 aromatic heterocycles. The first-order valence-corrected chi connectivity index (χ1v) is 9.19. The molecule has 0 aliphatic carbocycles. The predicted octanol–water partition coefficient (Wildman–Crippen LogP) is 4.38. The molecule has 0 N–H and O–H groups in total. The summed E-state index contributed by atoms with van der Waals surface area (Å²) in [5.41, 5.74) is 4.19. The van der Waals surface area contributed by atoms with Crippen molar-refractivity contribution in [2.45, 2.75) is 17.8 Å². The molecule has 0 saturated carbocycles. The first-order chi connectivity index (χ1) is 12.1. The van der Waals surface area contributed by atoms with E-state index in [1.165, 1.54) is 5.56 Å². The SMILES string of the molecule is Cc1cccn2cc(CSc3nnc(-c4ccc(Cl)cc4)n3C)nc12. The van der Waals surface area contributed by atoms with Crippen molar-refractivity contribution in [1.29, 1.82) is 0 Å². The zero-order valence-corrected chi connectivity index (χ0v) is 15.4. The van der Waals surface area contributed by atoms with Gasteiger partial charge in [-0.2, -0.15) is 0 Å². The normalized spacial score (nSPS) is 11.3. The van der Waals surface area contributed by atoms with Crippen molar-refractivity contribution >= 4 is 29.0 Å². The number of rotatable bonds is 4. The van der Waals surface area contributed by atoms with Crippen LogP contribution < -0.4 is 0 Å². The monoisotopic (exact) mass is 369 g/mol. The number of imidazole rings is 1. The van der Waals surface area contributed by atoms with E-state index in [-0.39, 0.29) is 0 Å². The minimum atomic E-state index is 0.711. The van der Waals surface area contributed by atoms with Gasteiger partial charge < -0.3 is 8.97 Å². The highest BCUT2D eigenvalue weighted by Gasteiger charge is 2.12. The third-order valence-electron chi connectivity index (χ3n) is 4.01. The number of pyridine rings is 1. The van der Waals surface area contributed by atoms with Crippen molar-refractivity contribution in [3.63, 3.8) is 0 Å². The molecule has 0 spiro atoms. The summed E-state index contributed by atoms with van der Waals surface area (Å²) in [5.74, 6) is 1.57. The summed E-state index contributed by atoms with van der Waals surface area (Å²) in [4.78, 5) is 4.70. The van der Waals surface area contributed by atoms with Crippen molar-refractivity contribution in [2.75, 3.05) is 0 Å². The van der Waals surface area contributed by atoms with Crippen LogP contribution in [0.25, 0.3) is 17.0 Å². The topological polar surface area (TPSA) is 48.0 Å². The number of halogens is 1. The van der Waals surface area contributed by atoms with E-state index in [4.69, 9.17) is 16.6 Å². The number of hydrogen-bond donors (Lipinski definition) is 0. The van der Waals surface area contributed by atoms with Crippen LogP contribution in [0, 0.1) is 6.92 Å². The van der Waals surface area contributed by atoms with Crippen molar-refractivity contribution in [1.82, 2.24) is 24.1 Å². The minimum absolute atomic E-state index is 0.711. The molecule has 0 amide bonds. The molecule has 25 heavy (non-hydrogen) atoms. The standard InChI is InChI=1S/C18H16ClN5S/c1-12-4-3-9-24-10-15(20-16(12)24)11-25-18-22-21-17(23(18)2)13-5-7-14(19)8-6-13/h3-10H,11H2,1-2H3. The van der Waals surface area contributed by atoms with Gasteiger partial charge in [-0.05, 0) is 42.8 Å². The zero-order chi connectivity index (χ0) is 17.4. The highest BCUT2D eigenvalue weighted by molar-refractivity contribution is 7.98. The summed E-state index contributed by atoms with van der Waals surface area (Å²) >= 11 is 7.58. The first-order valence-electron chi connectivity index (χ1n) is 7.83. The molecule has 1 aromatic carbocycles. The quantitative estimate of drug-likeness (QED) is 0.501. The number of fused-ring (bicyclic) bond motifs is 1. The summed E-state index contributed by atoms with van der Waals surface area (Å²) in [6, 6.07) is 11.7. The number of aromatic nitrogens is 5. The fraction of sp³-hybridized carbons (Fsp3) is 0.167. The molecule has 0 bridgehead atoms. The maximum absolute atomic E-state index is 5.95. The fourth-order valence-corrected chi connectivity index (χ4v) is 3.62. The van der Waals surface area contributed by atoms with Gasteiger partial charge in [0, 0.05) is 35.8 Å².